The van der Waals surface area contributed by atoms with Crippen LogP contribution >= 0.6 is 0 Å². The number of nitrogens with zero attached hydrogens (tertiary/aromatic N) is 3. The van der Waals surface area contributed by atoms with Crippen molar-refractivity contribution >= 4 is 28.7 Å². The smallest absolute Gasteiger partial charge is 0.189 e. The van der Waals surface area contributed by atoms with Crippen LogP contribution in [0, 0.1) is 5.41 Å². The lowest BCUT2D eigenvalue weighted by molar-refractivity contribution is -0.113. The lowest BCUT2D eigenvalue weighted by atomic mass is 10.2. The maximum atomic E-state index is 12.8. The van der Waals surface area contributed by atoms with Crippen molar-refractivity contribution in [3.8, 4) is 5.75 Å². The number of hydrogen-bond acceptors (Lipinski definition) is 5. The summed E-state index contributed by atoms with van der Waals surface area (Å²) in [5, 5.41) is 8.64. The van der Waals surface area contributed by atoms with Crippen molar-refractivity contribution in [2.45, 2.75) is 0 Å². The van der Waals surface area contributed by atoms with Crippen LogP contribution in [-0.4, -0.2) is 39.4 Å². The molecule has 26 heavy (non-hydrogen) atoms. The Morgan fingerprint density at radius 2 is 1.54 bits per heavy atom. The normalized spacial score (nSPS) is 16.7. The summed E-state index contributed by atoms with van der Waals surface area (Å²) < 4.78 is 5.18. The zero-order valence-electron chi connectivity index (χ0n) is 15.0. The lowest BCUT2D eigenvalue weighted by Crippen LogP contribution is -2.29. The van der Waals surface area contributed by atoms with Gasteiger partial charge in [-0.2, -0.15) is 0 Å². The Morgan fingerprint density at radius 1 is 0.962 bits per heavy atom. The van der Waals surface area contributed by atoms with Gasteiger partial charge in [0.1, 0.15) is 23.0 Å². The molecular weight excluding hydrogens is 328 g/mol. The fraction of sp³-hybridized carbons (Fsp3) is 0.200. The van der Waals surface area contributed by atoms with Crippen molar-refractivity contribution in [3.05, 3.63) is 59.9 Å². The van der Waals surface area contributed by atoms with E-state index in [1.165, 1.54) is 0 Å². The molecule has 1 N–H and O–H groups in total. The highest BCUT2D eigenvalue weighted by Gasteiger charge is 2.39. The van der Waals surface area contributed by atoms with Gasteiger partial charge in [-0.3, -0.25) is 10.2 Å². The van der Waals surface area contributed by atoms with Crippen LogP contribution in [0.25, 0.3) is 0 Å². The molecule has 0 spiro atoms. The van der Waals surface area contributed by atoms with Gasteiger partial charge in [0.2, 0.25) is 0 Å². The van der Waals surface area contributed by atoms with Crippen molar-refractivity contribution in [3.63, 3.8) is 0 Å². The van der Waals surface area contributed by atoms with Crippen molar-refractivity contribution in [1.29, 1.82) is 5.41 Å². The third-order valence-electron chi connectivity index (χ3n) is 4.93. The van der Waals surface area contributed by atoms with E-state index in [1.54, 1.807) is 12.0 Å². The van der Waals surface area contributed by atoms with E-state index in [9.17, 15) is 4.79 Å². The largest absolute Gasteiger partial charge is 0.497 e. The Kier molecular flexibility index (Phi) is 3.68. The number of methoxy groups -OCH3 is 1. The second kappa shape index (κ2) is 5.91. The van der Waals surface area contributed by atoms with Crippen molar-refractivity contribution in [2.24, 2.45) is 0 Å². The Morgan fingerprint density at radius 3 is 2.08 bits per heavy atom. The predicted octanol–water partition coefficient (Wildman–Crippen LogP) is 2.86. The monoisotopic (exact) mass is 348 g/mol. The van der Waals surface area contributed by atoms with E-state index < -0.39 is 0 Å². The summed E-state index contributed by atoms with van der Waals surface area (Å²) in [5.41, 5.74) is 3.31. The Hall–Kier alpha value is -3.28. The number of para-hydroxylation sites is 2. The number of Topliss-reactive ketones (excluding diaryl/α,β-unsaturated/α-hetero) is 1. The van der Waals surface area contributed by atoms with E-state index in [0.717, 1.165) is 28.6 Å². The highest BCUT2D eigenvalue weighted by Crippen LogP contribution is 2.41. The van der Waals surface area contributed by atoms with Crippen LogP contribution in [0.4, 0.5) is 17.1 Å². The van der Waals surface area contributed by atoms with E-state index >= 15 is 0 Å². The number of ether oxygens (including phenoxy) is 1. The number of amidine groups is 1. The summed E-state index contributed by atoms with van der Waals surface area (Å²) in [6.07, 6.45) is 0. The molecule has 0 saturated carbocycles. The first-order valence-corrected chi connectivity index (χ1v) is 8.37. The van der Waals surface area contributed by atoms with Crippen LogP contribution in [0.5, 0.6) is 5.75 Å². The van der Waals surface area contributed by atoms with Gasteiger partial charge in [0.05, 0.1) is 25.0 Å². The Bertz CT molecular complexity index is 902. The zero-order chi connectivity index (χ0) is 18.4. The van der Waals surface area contributed by atoms with Gasteiger partial charge in [-0.15, -0.1) is 0 Å². The zero-order valence-corrected chi connectivity index (χ0v) is 15.0. The number of hydrogen-bond donors (Lipinski definition) is 1. The molecule has 2 aliphatic heterocycles. The lowest BCUT2D eigenvalue weighted by Gasteiger charge is -2.22. The standard InChI is InChI=1S/C20H20N4O2/c1-22-15-6-4-5-7-16(15)23(2)20(22)18-17(25)12-24(19(18)21)13-8-10-14(26-3)11-9-13/h4-11,21H,12H2,1-3H3. The summed E-state index contributed by atoms with van der Waals surface area (Å²) in [6, 6.07) is 15.4. The summed E-state index contributed by atoms with van der Waals surface area (Å²) in [4.78, 5) is 18.5. The fourth-order valence-electron chi connectivity index (χ4n) is 3.60. The second-order valence-electron chi connectivity index (χ2n) is 6.36. The Labute approximate surface area is 152 Å². The van der Waals surface area contributed by atoms with Crippen LogP contribution in [-0.2, 0) is 4.79 Å². The number of carbonyl (C=O) groups excluding carboxylic acids is 1. The van der Waals surface area contributed by atoms with Crippen molar-refractivity contribution in [1.82, 2.24) is 0 Å². The van der Waals surface area contributed by atoms with Crippen LogP contribution < -0.4 is 19.4 Å². The molecule has 6 heteroatoms. The number of benzene rings is 2. The third-order valence-corrected chi connectivity index (χ3v) is 4.93. The maximum Gasteiger partial charge on any atom is 0.189 e. The number of ketones is 1. The van der Waals surface area contributed by atoms with Crippen LogP contribution in [0.2, 0.25) is 0 Å². The predicted molar refractivity (Wildman–Crippen MR) is 103 cm³/mol. The first-order chi connectivity index (χ1) is 12.5. The average Bonchev–Trinajstić information content (AvgIpc) is 3.09. The topological polar surface area (TPSA) is 59.9 Å². The number of rotatable bonds is 2. The van der Waals surface area contributed by atoms with E-state index in [1.807, 2.05) is 72.4 Å². The van der Waals surface area contributed by atoms with Gasteiger partial charge in [-0.1, -0.05) is 12.1 Å². The first-order valence-electron chi connectivity index (χ1n) is 8.37. The number of nitrogens with one attached hydrogen (secondary N) is 1. The summed E-state index contributed by atoms with van der Waals surface area (Å²) in [6.45, 7) is 0.169. The van der Waals surface area contributed by atoms with Gasteiger partial charge in [-0.05, 0) is 36.4 Å². The maximum absolute atomic E-state index is 12.8. The highest BCUT2D eigenvalue weighted by molar-refractivity contribution is 6.34. The van der Waals surface area contributed by atoms with Crippen molar-refractivity contribution < 1.29 is 9.53 Å². The third kappa shape index (κ3) is 2.26. The molecule has 2 heterocycles. The molecule has 2 aliphatic rings. The van der Waals surface area contributed by atoms with E-state index in [4.69, 9.17) is 10.1 Å². The molecule has 0 bridgehead atoms. The SMILES string of the molecule is COc1ccc(N2CC(=O)C(=C3N(C)c4ccccc4N3C)C2=N)cc1. The van der Waals surface area contributed by atoms with Gasteiger partial charge in [0, 0.05) is 19.8 Å². The minimum atomic E-state index is -0.0488. The average molecular weight is 348 g/mol. The van der Waals surface area contributed by atoms with Gasteiger partial charge in [0.25, 0.3) is 0 Å². The van der Waals surface area contributed by atoms with Gasteiger partial charge in [-0.25, -0.2) is 0 Å². The molecule has 2 aromatic carbocycles. The van der Waals surface area contributed by atoms with Gasteiger partial charge >= 0.3 is 0 Å². The summed E-state index contributed by atoms with van der Waals surface area (Å²) >= 11 is 0. The minimum absolute atomic E-state index is 0.0488. The van der Waals surface area contributed by atoms with Gasteiger partial charge in [0.15, 0.2) is 5.78 Å². The molecule has 0 amide bonds. The molecule has 1 saturated heterocycles. The highest BCUT2D eigenvalue weighted by atomic mass is 16.5. The molecule has 4 rings (SSSR count). The fourth-order valence-corrected chi connectivity index (χ4v) is 3.60. The molecular formula is C20H20N4O2. The number of carbonyl (C=O) groups is 1. The summed E-state index contributed by atoms with van der Waals surface area (Å²) in [7, 11) is 5.48. The Balaban J connectivity index is 1.75. The van der Waals surface area contributed by atoms with Gasteiger partial charge < -0.3 is 19.4 Å². The van der Waals surface area contributed by atoms with E-state index in [0.29, 0.717) is 5.57 Å². The van der Waals surface area contributed by atoms with Crippen LogP contribution in [0.3, 0.4) is 0 Å². The van der Waals surface area contributed by atoms with E-state index in [2.05, 4.69) is 0 Å². The molecule has 0 radical (unpaired) electrons. The van der Waals surface area contributed by atoms with Crippen LogP contribution in [0.15, 0.2) is 59.9 Å². The van der Waals surface area contributed by atoms with E-state index in [-0.39, 0.29) is 18.2 Å². The first kappa shape index (κ1) is 16.2. The minimum Gasteiger partial charge on any atom is -0.497 e. The summed E-state index contributed by atoms with van der Waals surface area (Å²) in [5.74, 6) is 1.67. The molecule has 0 aromatic heterocycles. The quantitative estimate of drug-likeness (QED) is 0.846. The molecule has 6 nitrogen and oxygen atoms in total. The number of fused-ring (bicyclic) bond motifs is 1. The molecule has 2 aromatic rings. The molecule has 0 aliphatic carbocycles. The second-order valence-corrected chi connectivity index (χ2v) is 6.36. The molecule has 132 valence electrons. The van der Waals surface area contributed by atoms with Crippen molar-refractivity contribution in [2.75, 3.05) is 42.4 Å². The molecule has 0 unspecified atom stereocenters. The van der Waals surface area contributed by atoms with Crippen LogP contribution in [0.1, 0.15) is 0 Å². The molecule has 1 fully saturated rings. The number of anilines is 3. The molecule has 0 atom stereocenters.